The molecule has 0 spiro atoms. The minimum Gasteiger partial charge on any atom is -0.256 e. The van der Waals surface area contributed by atoms with Crippen molar-refractivity contribution in [2.75, 3.05) is 0 Å². The molecule has 0 saturated carbocycles. The smallest absolute Gasteiger partial charge is 0.256 e. The van der Waals surface area contributed by atoms with Gasteiger partial charge in [0, 0.05) is 6.42 Å². The maximum absolute atomic E-state index is 12.9. The molecule has 0 N–H and O–H groups in total. The molecule has 0 bridgehead atoms. The summed E-state index contributed by atoms with van der Waals surface area (Å²) in [5, 5.41) is 16.0. The number of alkyl halides is 4. The molecule has 0 aromatic carbocycles. The van der Waals surface area contributed by atoms with Gasteiger partial charge >= 0.3 is 0 Å². The second-order valence-corrected chi connectivity index (χ2v) is 5.45. The summed E-state index contributed by atoms with van der Waals surface area (Å²) in [6, 6.07) is 0.715. The van der Waals surface area contributed by atoms with Crippen LogP contribution < -0.4 is 0 Å². The Morgan fingerprint density at radius 3 is 2.55 bits per heavy atom. The average molecular weight is 334 g/mol. The van der Waals surface area contributed by atoms with E-state index in [1.807, 2.05) is 6.92 Å². The lowest BCUT2D eigenvalue weighted by Crippen LogP contribution is -2.07. The van der Waals surface area contributed by atoms with Gasteiger partial charge in [0.05, 0.1) is 6.54 Å². The van der Waals surface area contributed by atoms with Crippen LogP contribution in [0.3, 0.4) is 0 Å². The first-order valence-electron chi connectivity index (χ1n) is 6.33. The van der Waals surface area contributed by atoms with Crippen molar-refractivity contribution in [2.45, 2.75) is 32.7 Å². The van der Waals surface area contributed by atoms with E-state index in [1.165, 1.54) is 4.52 Å². The zero-order valence-electron chi connectivity index (χ0n) is 11.2. The Balaban J connectivity index is 1.95. The summed E-state index contributed by atoms with van der Waals surface area (Å²) >= 11 is 1.15. The van der Waals surface area contributed by atoms with Crippen molar-refractivity contribution in [1.29, 1.82) is 0 Å². The normalized spacial score (nSPS) is 12.1. The van der Waals surface area contributed by atoms with Crippen LogP contribution in [0.1, 0.15) is 42.0 Å². The van der Waals surface area contributed by atoms with Gasteiger partial charge < -0.3 is 0 Å². The summed E-state index contributed by atoms with van der Waals surface area (Å²) in [7, 11) is 0. The van der Waals surface area contributed by atoms with Gasteiger partial charge in [-0.05, 0) is 6.07 Å². The lowest BCUT2D eigenvalue weighted by Gasteiger charge is -2.03. The van der Waals surface area contributed by atoms with Gasteiger partial charge in [-0.25, -0.2) is 17.6 Å². The second kappa shape index (κ2) is 5.63. The van der Waals surface area contributed by atoms with Crippen LogP contribution in [0.4, 0.5) is 17.6 Å². The number of hydrogen-bond acceptors (Lipinski definition) is 5. The van der Waals surface area contributed by atoms with Crippen molar-refractivity contribution >= 4 is 16.3 Å². The van der Waals surface area contributed by atoms with E-state index in [2.05, 4.69) is 20.4 Å². The van der Waals surface area contributed by atoms with E-state index in [1.54, 1.807) is 0 Å². The molecule has 0 unspecified atom stereocenters. The van der Waals surface area contributed by atoms with Crippen LogP contribution in [-0.2, 0) is 13.0 Å². The number of fused-ring (bicyclic) bond motifs is 1. The third-order valence-corrected chi connectivity index (χ3v) is 3.86. The highest BCUT2D eigenvalue weighted by molar-refractivity contribution is 7.16. The van der Waals surface area contributed by atoms with E-state index in [9.17, 15) is 17.6 Å². The molecule has 0 aliphatic carbocycles. The fourth-order valence-corrected chi connectivity index (χ4v) is 2.80. The summed E-state index contributed by atoms with van der Waals surface area (Å²) in [4.78, 5) is 0.520. The van der Waals surface area contributed by atoms with Gasteiger partial charge in [0.15, 0.2) is 5.82 Å². The summed E-state index contributed by atoms with van der Waals surface area (Å²) in [6.45, 7) is 1.76. The number of nitrogens with zero attached hydrogens (tertiary/aromatic N) is 6. The Labute approximate surface area is 125 Å². The monoisotopic (exact) mass is 334 g/mol. The molecule has 0 atom stereocenters. The minimum atomic E-state index is -2.90. The SMILES string of the molecule is CCc1nnc2sc(Cn3nc(C(F)F)cc3C(F)F)nn12. The third kappa shape index (κ3) is 2.56. The predicted molar refractivity (Wildman–Crippen MR) is 69.3 cm³/mol. The Morgan fingerprint density at radius 1 is 1.14 bits per heavy atom. The fraction of sp³-hybridized carbons (Fsp3) is 0.455. The quantitative estimate of drug-likeness (QED) is 0.673. The summed E-state index contributed by atoms with van der Waals surface area (Å²) in [5.74, 6) is 0.639. The Hall–Kier alpha value is -2.04. The van der Waals surface area contributed by atoms with Crippen LogP contribution in [0.15, 0.2) is 6.07 Å². The molecule has 0 radical (unpaired) electrons. The Kier molecular flexibility index (Phi) is 3.81. The van der Waals surface area contributed by atoms with Gasteiger partial charge in [0.2, 0.25) is 4.96 Å². The van der Waals surface area contributed by atoms with E-state index in [0.717, 1.165) is 16.0 Å². The van der Waals surface area contributed by atoms with E-state index in [4.69, 9.17) is 0 Å². The molecular weight excluding hydrogens is 324 g/mol. The molecule has 3 heterocycles. The molecule has 0 fully saturated rings. The molecule has 0 saturated heterocycles. The van der Waals surface area contributed by atoms with Crippen molar-refractivity contribution in [1.82, 2.24) is 29.6 Å². The topological polar surface area (TPSA) is 60.9 Å². The van der Waals surface area contributed by atoms with Gasteiger partial charge in [-0.3, -0.25) is 4.68 Å². The van der Waals surface area contributed by atoms with Crippen LogP contribution in [0.2, 0.25) is 0 Å². The van der Waals surface area contributed by atoms with Crippen molar-refractivity contribution in [3.05, 3.63) is 28.3 Å². The number of rotatable bonds is 5. The van der Waals surface area contributed by atoms with E-state index >= 15 is 0 Å². The molecule has 3 aromatic heterocycles. The largest absolute Gasteiger partial charge is 0.282 e. The number of aromatic nitrogens is 6. The summed E-state index contributed by atoms with van der Waals surface area (Å²) < 4.78 is 53.4. The number of halogens is 4. The minimum absolute atomic E-state index is 0.121. The maximum atomic E-state index is 12.9. The molecule has 118 valence electrons. The van der Waals surface area contributed by atoms with Gasteiger partial charge in [-0.1, -0.05) is 18.3 Å². The molecule has 0 amide bonds. The highest BCUT2D eigenvalue weighted by Crippen LogP contribution is 2.26. The lowest BCUT2D eigenvalue weighted by atomic mass is 10.3. The predicted octanol–water partition coefficient (Wildman–Crippen LogP) is 2.87. The summed E-state index contributed by atoms with van der Waals surface area (Å²) in [5.41, 5.74) is -1.23. The van der Waals surface area contributed by atoms with Crippen molar-refractivity contribution in [3.63, 3.8) is 0 Å². The Morgan fingerprint density at radius 2 is 1.91 bits per heavy atom. The van der Waals surface area contributed by atoms with Crippen LogP contribution in [-0.4, -0.2) is 29.6 Å². The molecule has 0 aliphatic heterocycles. The molecule has 0 aliphatic rings. The number of hydrogen-bond donors (Lipinski definition) is 0. The van der Waals surface area contributed by atoms with Gasteiger partial charge in [-0.15, -0.1) is 10.2 Å². The maximum Gasteiger partial charge on any atom is 0.282 e. The van der Waals surface area contributed by atoms with Crippen molar-refractivity contribution in [2.24, 2.45) is 0 Å². The molecule has 6 nitrogen and oxygen atoms in total. The second-order valence-electron chi connectivity index (χ2n) is 4.41. The average Bonchev–Trinajstić information content (AvgIpc) is 3.12. The first-order valence-corrected chi connectivity index (χ1v) is 7.15. The number of aryl methyl sites for hydroxylation is 1. The fourth-order valence-electron chi connectivity index (χ4n) is 1.97. The van der Waals surface area contributed by atoms with Crippen LogP contribution in [0.25, 0.3) is 4.96 Å². The molecular formula is C11H10F4N6S. The first kappa shape index (κ1) is 14.9. The standard InChI is InChI=1S/C11H10F4N6S/c1-2-7-16-17-11-21(7)19-8(22-11)4-20-6(10(14)15)3-5(18-20)9(12)13/h3,9-10H,2,4H2,1H3. The Bertz CT molecular complexity index is 792. The molecule has 11 heteroatoms. The first-order chi connectivity index (χ1) is 10.5. The molecule has 22 heavy (non-hydrogen) atoms. The molecule has 3 aromatic rings. The highest BCUT2D eigenvalue weighted by atomic mass is 32.1. The van der Waals surface area contributed by atoms with Crippen LogP contribution in [0, 0.1) is 0 Å². The van der Waals surface area contributed by atoms with E-state index in [0.29, 0.717) is 28.3 Å². The van der Waals surface area contributed by atoms with Crippen LogP contribution >= 0.6 is 11.3 Å². The molecule has 3 rings (SSSR count). The van der Waals surface area contributed by atoms with Crippen molar-refractivity contribution in [3.8, 4) is 0 Å². The third-order valence-electron chi connectivity index (χ3n) is 2.98. The van der Waals surface area contributed by atoms with Gasteiger partial charge in [0.25, 0.3) is 12.9 Å². The zero-order valence-corrected chi connectivity index (χ0v) is 12.1. The van der Waals surface area contributed by atoms with E-state index < -0.39 is 24.2 Å². The highest BCUT2D eigenvalue weighted by Gasteiger charge is 2.22. The van der Waals surface area contributed by atoms with Gasteiger partial charge in [-0.2, -0.15) is 14.7 Å². The summed E-state index contributed by atoms with van der Waals surface area (Å²) in [6.07, 6.45) is -5.18. The lowest BCUT2D eigenvalue weighted by molar-refractivity contribution is 0.139. The van der Waals surface area contributed by atoms with Gasteiger partial charge in [0.1, 0.15) is 16.4 Å². The van der Waals surface area contributed by atoms with Crippen LogP contribution in [0.5, 0.6) is 0 Å². The van der Waals surface area contributed by atoms with E-state index in [-0.39, 0.29) is 6.54 Å². The zero-order chi connectivity index (χ0) is 15.9. The van der Waals surface area contributed by atoms with Crippen molar-refractivity contribution < 1.29 is 17.6 Å².